The molecule has 0 radical (unpaired) electrons. The Hall–Kier alpha value is -1.62. The Balaban J connectivity index is 2.02. The van der Waals surface area contributed by atoms with Gasteiger partial charge >= 0.3 is 0 Å². The van der Waals surface area contributed by atoms with Crippen molar-refractivity contribution in [3.63, 3.8) is 0 Å². The van der Waals surface area contributed by atoms with Crippen molar-refractivity contribution in [1.82, 2.24) is 0 Å². The lowest BCUT2D eigenvalue weighted by Gasteiger charge is -2.12. The zero-order valence-corrected chi connectivity index (χ0v) is 10.9. The molecule has 0 spiro atoms. The van der Waals surface area contributed by atoms with Gasteiger partial charge in [-0.25, -0.2) is 0 Å². The van der Waals surface area contributed by atoms with Crippen LogP contribution in [-0.4, -0.2) is 13.2 Å². The van der Waals surface area contributed by atoms with Crippen molar-refractivity contribution < 1.29 is 9.47 Å². The first kappa shape index (κ1) is 12.8. The van der Waals surface area contributed by atoms with E-state index < -0.39 is 0 Å². The molecular weight excluding hydrogens is 224 g/mol. The molecular formula is C16H20O2. The third-order valence-corrected chi connectivity index (χ3v) is 3.04. The number of unbranched alkanes of at least 4 members (excludes halogenated alkanes) is 1. The fourth-order valence-corrected chi connectivity index (χ4v) is 1.65. The van der Waals surface area contributed by atoms with E-state index in [0.717, 1.165) is 42.4 Å². The lowest BCUT2D eigenvalue weighted by atomic mass is 10.2. The predicted octanol–water partition coefficient (Wildman–Crippen LogP) is 3.64. The third-order valence-electron chi connectivity index (χ3n) is 3.04. The molecule has 96 valence electrons. The molecule has 0 heterocycles. The van der Waals surface area contributed by atoms with E-state index in [2.05, 4.69) is 12.8 Å². The Morgan fingerprint density at radius 3 is 2.78 bits per heavy atom. The van der Waals surface area contributed by atoms with Gasteiger partial charge in [0.15, 0.2) is 11.5 Å². The quantitative estimate of drug-likeness (QED) is 0.538. The Morgan fingerprint density at radius 2 is 2.11 bits per heavy atom. The van der Waals surface area contributed by atoms with Gasteiger partial charge in [-0.05, 0) is 43.4 Å². The van der Waals surface area contributed by atoms with E-state index in [1.807, 2.05) is 18.2 Å². The summed E-state index contributed by atoms with van der Waals surface area (Å²) in [5, 5.41) is 0. The summed E-state index contributed by atoms with van der Waals surface area (Å²) in [6.45, 7) is 3.65. The molecule has 1 aromatic rings. The summed E-state index contributed by atoms with van der Waals surface area (Å²) < 4.78 is 11.5. The molecule has 0 aromatic heterocycles. The van der Waals surface area contributed by atoms with Gasteiger partial charge in [-0.3, -0.25) is 0 Å². The van der Waals surface area contributed by atoms with E-state index in [-0.39, 0.29) is 0 Å². The highest BCUT2D eigenvalue weighted by atomic mass is 16.5. The van der Waals surface area contributed by atoms with Gasteiger partial charge in [0.25, 0.3) is 0 Å². The van der Waals surface area contributed by atoms with Crippen molar-refractivity contribution >= 4 is 0 Å². The van der Waals surface area contributed by atoms with Gasteiger partial charge in [0.2, 0.25) is 0 Å². The van der Waals surface area contributed by atoms with Gasteiger partial charge in [0.1, 0.15) is 0 Å². The molecule has 0 saturated heterocycles. The molecule has 2 rings (SSSR count). The molecule has 0 atom stereocenters. The molecule has 0 bridgehead atoms. The molecule has 0 amide bonds. The van der Waals surface area contributed by atoms with Crippen LogP contribution in [0.2, 0.25) is 0 Å². The summed E-state index contributed by atoms with van der Waals surface area (Å²) in [5.74, 6) is 4.96. The first-order chi connectivity index (χ1) is 8.83. The van der Waals surface area contributed by atoms with Crippen molar-refractivity contribution in [3.8, 4) is 23.8 Å². The topological polar surface area (TPSA) is 18.5 Å². The second-order valence-corrected chi connectivity index (χ2v) is 4.76. The van der Waals surface area contributed by atoms with E-state index in [9.17, 15) is 0 Å². The van der Waals surface area contributed by atoms with Gasteiger partial charge in [0, 0.05) is 5.56 Å². The highest BCUT2D eigenvalue weighted by Crippen LogP contribution is 2.33. The lowest BCUT2D eigenvalue weighted by Crippen LogP contribution is -2.03. The second-order valence-electron chi connectivity index (χ2n) is 4.76. The van der Waals surface area contributed by atoms with Crippen LogP contribution in [0.4, 0.5) is 0 Å². The van der Waals surface area contributed by atoms with E-state index in [0.29, 0.717) is 6.61 Å². The largest absolute Gasteiger partial charge is 0.490 e. The van der Waals surface area contributed by atoms with Crippen LogP contribution in [0.5, 0.6) is 11.5 Å². The van der Waals surface area contributed by atoms with Crippen molar-refractivity contribution in [2.45, 2.75) is 32.6 Å². The standard InChI is InChI=1S/C16H20O2/c1-3-5-10-17-16-11-13(4-2)8-9-15(16)18-12-14-6-7-14/h2,8-9,11,14H,3,5-7,10,12H2,1H3. The smallest absolute Gasteiger partial charge is 0.162 e. The van der Waals surface area contributed by atoms with Crippen molar-refractivity contribution in [2.24, 2.45) is 5.92 Å². The van der Waals surface area contributed by atoms with Gasteiger partial charge in [0.05, 0.1) is 13.2 Å². The van der Waals surface area contributed by atoms with Crippen molar-refractivity contribution in [3.05, 3.63) is 23.8 Å². The Labute approximate surface area is 109 Å². The van der Waals surface area contributed by atoms with E-state index in [1.165, 1.54) is 12.8 Å². The molecule has 2 nitrogen and oxygen atoms in total. The maximum Gasteiger partial charge on any atom is 0.162 e. The van der Waals surface area contributed by atoms with Crippen LogP contribution < -0.4 is 9.47 Å². The first-order valence-corrected chi connectivity index (χ1v) is 6.69. The number of ether oxygens (including phenoxy) is 2. The Bertz CT molecular complexity index is 427. The Morgan fingerprint density at radius 1 is 1.28 bits per heavy atom. The normalized spacial score (nSPS) is 14.0. The highest BCUT2D eigenvalue weighted by Gasteiger charge is 2.22. The molecule has 1 aliphatic rings. The van der Waals surface area contributed by atoms with Crippen LogP contribution in [0.3, 0.4) is 0 Å². The van der Waals surface area contributed by atoms with Crippen LogP contribution in [0, 0.1) is 18.3 Å². The predicted molar refractivity (Wildman–Crippen MR) is 73.0 cm³/mol. The summed E-state index contributed by atoms with van der Waals surface area (Å²) in [6, 6.07) is 5.70. The summed E-state index contributed by atoms with van der Waals surface area (Å²) in [6.07, 6.45) is 10.1. The zero-order chi connectivity index (χ0) is 12.8. The number of benzene rings is 1. The minimum atomic E-state index is 0.713. The summed E-state index contributed by atoms with van der Waals surface area (Å²) in [5.41, 5.74) is 0.834. The van der Waals surface area contributed by atoms with Crippen molar-refractivity contribution in [1.29, 1.82) is 0 Å². The minimum Gasteiger partial charge on any atom is -0.490 e. The monoisotopic (exact) mass is 244 g/mol. The molecule has 1 aromatic carbocycles. The molecule has 1 aliphatic carbocycles. The highest BCUT2D eigenvalue weighted by molar-refractivity contribution is 5.47. The lowest BCUT2D eigenvalue weighted by molar-refractivity contribution is 0.257. The van der Waals surface area contributed by atoms with Crippen LogP contribution in [-0.2, 0) is 0 Å². The maximum atomic E-state index is 5.80. The van der Waals surface area contributed by atoms with Crippen LogP contribution >= 0.6 is 0 Å². The first-order valence-electron chi connectivity index (χ1n) is 6.69. The molecule has 18 heavy (non-hydrogen) atoms. The number of terminal acetylenes is 1. The molecule has 2 heteroatoms. The van der Waals surface area contributed by atoms with Gasteiger partial charge in [-0.2, -0.15) is 0 Å². The second kappa shape index (κ2) is 6.35. The summed E-state index contributed by atoms with van der Waals surface area (Å²) >= 11 is 0. The van der Waals surface area contributed by atoms with Crippen molar-refractivity contribution in [2.75, 3.05) is 13.2 Å². The molecule has 0 aliphatic heterocycles. The van der Waals surface area contributed by atoms with Gasteiger partial charge < -0.3 is 9.47 Å². The summed E-state index contributed by atoms with van der Waals surface area (Å²) in [7, 11) is 0. The number of hydrogen-bond acceptors (Lipinski definition) is 2. The average Bonchev–Trinajstić information content (AvgIpc) is 3.21. The van der Waals surface area contributed by atoms with E-state index >= 15 is 0 Å². The number of rotatable bonds is 7. The van der Waals surface area contributed by atoms with Gasteiger partial charge in [-0.15, -0.1) is 6.42 Å². The Kier molecular flexibility index (Phi) is 4.52. The van der Waals surface area contributed by atoms with Crippen LogP contribution in [0.15, 0.2) is 18.2 Å². The molecule has 1 saturated carbocycles. The van der Waals surface area contributed by atoms with Crippen LogP contribution in [0.25, 0.3) is 0 Å². The summed E-state index contributed by atoms with van der Waals surface area (Å²) in [4.78, 5) is 0. The molecule has 0 N–H and O–H groups in total. The van der Waals surface area contributed by atoms with E-state index in [1.54, 1.807) is 0 Å². The van der Waals surface area contributed by atoms with Crippen LogP contribution in [0.1, 0.15) is 38.2 Å². The molecule has 1 fully saturated rings. The zero-order valence-electron chi connectivity index (χ0n) is 10.9. The SMILES string of the molecule is C#Cc1ccc(OCC2CC2)c(OCCCC)c1. The van der Waals surface area contributed by atoms with E-state index in [4.69, 9.17) is 15.9 Å². The fourth-order valence-electron chi connectivity index (χ4n) is 1.65. The average molecular weight is 244 g/mol. The van der Waals surface area contributed by atoms with Gasteiger partial charge in [-0.1, -0.05) is 19.3 Å². The third kappa shape index (κ3) is 3.70. The fraction of sp³-hybridized carbons (Fsp3) is 0.500. The minimum absolute atomic E-state index is 0.713. The number of hydrogen-bond donors (Lipinski definition) is 0. The molecule has 0 unspecified atom stereocenters. The maximum absolute atomic E-state index is 5.80.